The number of ether oxygens (including phenoxy) is 2. The maximum atomic E-state index is 13.0. The van der Waals surface area contributed by atoms with E-state index in [9.17, 15) is 19.5 Å². The third kappa shape index (κ3) is 4.06. The molecule has 174 valence electrons. The molecule has 1 saturated heterocycles. The highest BCUT2D eigenvalue weighted by Crippen LogP contribution is 2.44. The number of carbonyl (C=O) groups excluding carboxylic acids is 2. The van der Waals surface area contributed by atoms with Gasteiger partial charge in [-0.05, 0) is 28.7 Å². The number of hydrogen-bond donors (Lipinski definition) is 2. The number of carboxylic acid groups (broad SMARTS) is 1. The average molecular weight is 453 g/mol. The molecule has 1 fully saturated rings. The van der Waals surface area contributed by atoms with Crippen LogP contribution in [0, 0.1) is 0 Å². The number of nitrogens with zero attached hydrogens (tertiary/aromatic N) is 1. The Labute approximate surface area is 192 Å². The third-order valence-electron chi connectivity index (χ3n) is 6.71. The van der Waals surface area contributed by atoms with Gasteiger partial charge in [0.05, 0.1) is 6.61 Å². The first-order chi connectivity index (χ1) is 15.9. The zero-order valence-corrected chi connectivity index (χ0v) is 18.7. The van der Waals surface area contributed by atoms with Crippen molar-refractivity contribution in [3.63, 3.8) is 0 Å². The Morgan fingerprint density at radius 2 is 1.76 bits per heavy atom. The van der Waals surface area contributed by atoms with Crippen LogP contribution in [-0.4, -0.2) is 66.4 Å². The minimum Gasteiger partial charge on any atom is -0.479 e. The third-order valence-corrected chi connectivity index (χ3v) is 6.71. The van der Waals surface area contributed by atoms with Crippen molar-refractivity contribution in [2.45, 2.75) is 37.3 Å². The van der Waals surface area contributed by atoms with Crippen molar-refractivity contribution in [3.05, 3.63) is 59.7 Å². The Kier molecular flexibility index (Phi) is 6.37. The minimum absolute atomic E-state index is 0.0774. The van der Waals surface area contributed by atoms with Gasteiger partial charge in [0.2, 0.25) is 5.91 Å². The second-order valence-electron chi connectivity index (χ2n) is 8.47. The predicted octanol–water partition coefficient (Wildman–Crippen LogP) is 3.01. The highest BCUT2D eigenvalue weighted by atomic mass is 16.5. The first-order valence-corrected chi connectivity index (χ1v) is 11.1. The van der Waals surface area contributed by atoms with Crippen LogP contribution in [0.15, 0.2) is 48.5 Å². The van der Waals surface area contributed by atoms with E-state index in [4.69, 9.17) is 9.47 Å². The second kappa shape index (κ2) is 9.23. The van der Waals surface area contributed by atoms with Crippen LogP contribution in [-0.2, 0) is 19.1 Å². The number of carboxylic acids is 1. The summed E-state index contributed by atoms with van der Waals surface area (Å²) in [7, 11) is 1.44. The van der Waals surface area contributed by atoms with Crippen molar-refractivity contribution in [1.82, 2.24) is 10.2 Å². The SMILES string of the molecule is CC[C@@H](NC(=O)OCC1c2ccccc2-c2ccccc21)C(=O)N(C)C1(C(=O)O)CCOC1. The van der Waals surface area contributed by atoms with E-state index >= 15 is 0 Å². The minimum atomic E-state index is -1.42. The first kappa shape index (κ1) is 22.8. The molecule has 2 aliphatic rings. The summed E-state index contributed by atoms with van der Waals surface area (Å²) in [6, 6.07) is 15.2. The average Bonchev–Trinajstić information content (AvgIpc) is 3.45. The van der Waals surface area contributed by atoms with E-state index in [2.05, 4.69) is 17.4 Å². The molecular formula is C25H28N2O6. The summed E-state index contributed by atoms with van der Waals surface area (Å²) in [5, 5.41) is 12.3. The lowest BCUT2D eigenvalue weighted by molar-refractivity contribution is -0.158. The molecule has 8 heteroatoms. The molecule has 2 atom stereocenters. The summed E-state index contributed by atoms with van der Waals surface area (Å²) in [6.07, 6.45) is -0.215. The summed E-state index contributed by atoms with van der Waals surface area (Å²) in [6.45, 7) is 2.07. The molecule has 4 rings (SSSR count). The van der Waals surface area contributed by atoms with Gasteiger partial charge in [-0.25, -0.2) is 9.59 Å². The molecular weight excluding hydrogens is 424 g/mol. The van der Waals surface area contributed by atoms with Crippen molar-refractivity contribution >= 4 is 18.0 Å². The van der Waals surface area contributed by atoms with Gasteiger partial charge in [-0.15, -0.1) is 0 Å². The van der Waals surface area contributed by atoms with Gasteiger partial charge < -0.3 is 24.8 Å². The van der Waals surface area contributed by atoms with Gasteiger partial charge in [0.25, 0.3) is 0 Å². The van der Waals surface area contributed by atoms with E-state index in [1.165, 1.54) is 11.9 Å². The van der Waals surface area contributed by atoms with E-state index in [0.29, 0.717) is 6.42 Å². The fraction of sp³-hybridized carbons (Fsp3) is 0.400. The molecule has 2 aromatic rings. The van der Waals surface area contributed by atoms with Crippen LogP contribution in [0.1, 0.15) is 36.8 Å². The smallest absolute Gasteiger partial charge is 0.407 e. The molecule has 8 nitrogen and oxygen atoms in total. The van der Waals surface area contributed by atoms with Gasteiger partial charge in [-0.2, -0.15) is 0 Å². The number of amides is 2. The van der Waals surface area contributed by atoms with E-state index in [1.807, 2.05) is 36.4 Å². The van der Waals surface area contributed by atoms with Crippen LogP contribution < -0.4 is 5.32 Å². The van der Waals surface area contributed by atoms with Crippen LogP contribution >= 0.6 is 0 Å². The number of hydrogen-bond acceptors (Lipinski definition) is 5. The zero-order valence-electron chi connectivity index (χ0n) is 18.7. The molecule has 1 heterocycles. The Balaban J connectivity index is 1.42. The summed E-state index contributed by atoms with van der Waals surface area (Å²) in [5.41, 5.74) is 3.03. The van der Waals surface area contributed by atoms with Crippen molar-refractivity contribution in [1.29, 1.82) is 0 Å². The molecule has 0 spiro atoms. The van der Waals surface area contributed by atoms with Gasteiger partial charge in [-0.3, -0.25) is 4.79 Å². The predicted molar refractivity (Wildman–Crippen MR) is 121 cm³/mol. The molecule has 33 heavy (non-hydrogen) atoms. The number of nitrogens with one attached hydrogen (secondary N) is 1. The summed E-state index contributed by atoms with van der Waals surface area (Å²) in [5.74, 6) is -1.70. The summed E-state index contributed by atoms with van der Waals surface area (Å²) < 4.78 is 10.8. The number of benzene rings is 2. The lowest BCUT2D eigenvalue weighted by Crippen LogP contribution is -2.60. The Morgan fingerprint density at radius 3 is 2.27 bits per heavy atom. The normalized spacial score (nSPS) is 19.9. The highest BCUT2D eigenvalue weighted by Gasteiger charge is 2.49. The molecule has 0 radical (unpaired) electrons. The molecule has 0 saturated carbocycles. The van der Waals surface area contributed by atoms with Crippen LogP contribution in [0.5, 0.6) is 0 Å². The number of carbonyl (C=O) groups is 3. The Morgan fingerprint density at radius 1 is 1.15 bits per heavy atom. The van der Waals surface area contributed by atoms with Gasteiger partial charge >= 0.3 is 12.1 Å². The maximum absolute atomic E-state index is 13.0. The van der Waals surface area contributed by atoms with Crippen molar-refractivity contribution in [2.75, 3.05) is 26.9 Å². The van der Waals surface area contributed by atoms with Gasteiger partial charge in [0, 0.05) is 26.0 Å². The maximum Gasteiger partial charge on any atom is 0.407 e. The number of likely N-dealkylation sites (N-methyl/N-ethyl adjacent to an activating group) is 1. The molecule has 2 aromatic carbocycles. The number of rotatable bonds is 7. The topological polar surface area (TPSA) is 105 Å². The van der Waals surface area contributed by atoms with Gasteiger partial charge in [0.1, 0.15) is 12.6 Å². The van der Waals surface area contributed by atoms with Crippen molar-refractivity contribution in [3.8, 4) is 11.1 Å². The lowest BCUT2D eigenvalue weighted by Gasteiger charge is -2.35. The highest BCUT2D eigenvalue weighted by molar-refractivity contribution is 5.91. The Bertz CT molecular complexity index is 1020. The van der Waals surface area contributed by atoms with Crippen molar-refractivity contribution in [2.24, 2.45) is 0 Å². The van der Waals surface area contributed by atoms with Crippen LogP contribution in [0.2, 0.25) is 0 Å². The quantitative estimate of drug-likeness (QED) is 0.669. The monoisotopic (exact) mass is 452 g/mol. The van der Waals surface area contributed by atoms with Crippen molar-refractivity contribution < 1.29 is 29.0 Å². The zero-order chi connectivity index (χ0) is 23.6. The number of alkyl carbamates (subject to hydrolysis) is 1. The number of fused-ring (bicyclic) bond motifs is 3. The van der Waals surface area contributed by atoms with Gasteiger partial charge in [0.15, 0.2) is 5.54 Å². The summed E-state index contributed by atoms with van der Waals surface area (Å²) >= 11 is 0. The molecule has 2 N–H and O–H groups in total. The molecule has 0 bridgehead atoms. The van der Waals surface area contributed by atoms with E-state index in [0.717, 1.165) is 22.3 Å². The second-order valence-corrected chi connectivity index (χ2v) is 8.47. The molecule has 1 aliphatic heterocycles. The summed E-state index contributed by atoms with van der Waals surface area (Å²) in [4.78, 5) is 38.7. The molecule has 1 unspecified atom stereocenters. The lowest BCUT2D eigenvalue weighted by atomic mass is 9.95. The molecule has 0 aromatic heterocycles. The van der Waals surface area contributed by atoms with Crippen LogP contribution in [0.4, 0.5) is 4.79 Å². The van der Waals surface area contributed by atoms with E-state index in [-0.39, 0.29) is 32.2 Å². The van der Waals surface area contributed by atoms with Crippen LogP contribution in [0.25, 0.3) is 11.1 Å². The Hall–Kier alpha value is -3.39. The standard InChI is InChI=1S/C25H28N2O6/c1-3-21(22(28)27(2)25(23(29)30)12-13-32-15-25)26-24(31)33-14-20-18-10-6-4-8-16(18)17-9-5-7-11-19(17)20/h4-11,20-21H,3,12-15H2,1-2H3,(H,26,31)(H,29,30)/t21-,25?/m1/s1. The van der Waals surface area contributed by atoms with Crippen LogP contribution in [0.3, 0.4) is 0 Å². The van der Waals surface area contributed by atoms with E-state index in [1.54, 1.807) is 6.92 Å². The fourth-order valence-corrected chi connectivity index (χ4v) is 4.70. The largest absolute Gasteiger partial charge is 0.479 e. The van der Waals surface area contributed by atoms with Gasteiger partial charge in [-0.1, -0.05) is 55.5 Å². The molecule has 1 aliphatic carbocycles. The molecule has 2 amide bonds. The number of aliphatic carboxylic acids is 1. The first-order valence-electron chi connectivity index (χ1n) is 11.1. The fourth-order valence-electron chi connectivity index (χ4n) is 4.70. The van der Waals surface area contributed by atoms with E-state index < -0.39 is 29.6 Å².